The number of halogens is 1. The molecule has 0 saturated carbocycles. The molecule has 1 fully saturated rings. The second-order valence-corrected chi connectivity index (χ2v) is 18.0. The van der Waals surface area contributed by atoms with Crippen LogP contribution in [0.5, 0.6) is 0 Å². The average molecular weight is 556 g/mol. The van der Waals surface area contributed by atoms with Gasteiger partial charge in [-0.25, -0.2) is 19.2 Å². The largest absolute Gasteiger partial charge is 0.444 e. The summed E-state index contributed by atoms with van der Waals surface area (Å²) in [7, 11) is -1.18. The van der Waals surface area contributed by atoms with Crippen LogP contribution >= 0.6 is 0 Å². The number of hydrogen-bond donors (Lipinski definition) is 0. The molecule has 1 aliphatic heterocycles. The Labute approximate surface area is 229 Å². The van der Waals surface area contributed by atoms with Crippen LogP contribution in [-0.2, 0) is 16.2 Å². The second-order valence-electron chi connectivity index (χ2n) is 12.4. The Balaban J connectivity index is 1.53. The minimum Gasteiger partial charge on any atom is -0.444 e. The number of rotatable bonds is 9. The summed E-state index contributed by atoms with van der Waals surface area (Å²) in [5, 5.41) is 14.8. The molecule has 1 aliphatic rings. The van der Waals surface area contributed by atoms with Crippen molar-refractivity contribution < 1.29 is 18.7 Å². The smallest absolute Gasteiger partial charge is 0.410 e. The molecule has 0 radical (unpaired) electrons. The van der Waals surface area contributed by atoms with E-state index in [1.54, 1.807) is 33.2 Å². The van der Waals surface area contributed by atoms with Gasteiger partial charge in [0.25, 0.3) is 0 Å². The summed E-state index contributed by atoms with van der Waals surface area (Å²) in [6.07, 6.45) is 6.18. The van der Waals surface area contributed by atoms with Gasteiger partial charge < -0.3 is 18.9 Å². The topological polar surface area (TPSA) is 111 Å². The maximum atomic E-state index is 16.3. The minimum atomic E-state index is -1.83. The van der Waals surface area contributed by atoms with Gasteiger partial charge in [0.15, 0.2) is 5.67 Å². The van der Waals surface area contributed by atoms with Crippen molar-refractivity contribution in [3.05, 3.63) is 31.0 Å². The molecule has 2 atom stereocenters. The van der Waals surface area contributed by atoms with Gasteiger partial charge in [-0.15, -0.1) is 0 Å². The Morgan fingerprint density at radius 1 is 1.31 bits per heavy atom. The number of nitriles is 1. The monoisotopic (exact) mass is 555 g/mol. The highest BCUT2D eigenvalue weighted by Gasteiger charge is 2.48. The number of amides is 1. The molecular formula is C27H38FN7O3Si. The lowest BCUT2D eigenvalue weighted by Crippen LogP contribution is -2.41. The summed E-state index contributed by atoms with van der Waals surface area (Å²) in [6, 6.07) is 4.24. The third-order valence-electron chi connectivity index (χ3n) is 6.76. The fourth-order valence-electron chi connectivity index (χ4n) is 4.66. The molecule has 1 amide bonds. The molecule has 12 heteroatoms. The van der Waals surface area contributed by atoms with E-state index in [0.29, 0.717) is 24.6 Å². The first-order chi connectivity index (χ1) is 18.3. The fraction of sp³-hybridized carbons (Fsp3) is 0.593. The Morgan fingerprint density at radius 3 is 2.77 bits per heavy atom. The molecule has 39 heavy (non-hydrogen) atoms. The normalized spacial score (nSPS) is 18.9. The number of carbonyl (C=O) groups is 1. The van der Waals surface area contributed by atoms with Crippen molar-refractivity contribution in [1.82, 2.24) is 29.2 Å². The lowest BCUT2D eigenvalue weighted by molar-refractivity contribution is 0.0220. The third-order valence-corrected chi connectivity index (χ3v) is 8.47. The van der Waals surface area contributed by atoms with Gasteiger partial charge in [-0.3, -0.25) is 4.68 Å². The van der Waals surface area contributed by atoms with Crippen LogP contribution in [0.1, 0.15) is 39.7 Å². The second kappa shape index (κ2) is 11.1. The molecule has 0 N–H and O–H groups in total. The number of likely N-dealkylation sites (tertiary alicyclic amines) is 1. The van der Waals surface area contributed by atoms with Gasteiger partial charge in [-0.1, -0.05) is 19.6 Å². The first kappa shape index (κ1) is 28.7. The zero-order chi connectivity index (χ0) is 28.4. The SMILES string of the molecule is CC(C)(C)OC(=O)N1CCC(F)(C(CC#N)n2cc(-c3ncnc4c3ccn4COCC[Si](C)(C)C)cn2)C1. The van der Waals surface area contributed by atoms with Crippen molar-refractivity contribution in [2.75, 3.05) is 19.7 Å². The van der Waals surface area contributed by atoms with Crippen LogP contribution in [0.15, 0.2) is 31.0 Å². The van der Waals surface area contributed by atoms with Crippen molar-refractivity contribution >= 4 is 25.2 Å². The minimum absolute atomic E-state index is 0.0894. The van der Waals surface area contributed by atoms with Crippen LogP contribution in [0.25, 0.3) is 22.3 Å². The molecule has 4 rings (SSSR count). The Morgan fingerprint density at radius 2 is 2.08 bits per heavy atom. The molecule has 0 aromatic carbocycles. The van der Waals surface area contributed by atoms with Gasteiger partial charge in [-0.2, -0.15) is 10.4 Å². The molecule has 210 valence electrons. The average Bonchev–Trinajstić information content (AvgIpc) is 3.57. The van der Waals surface area contributed by atoms with Gasteiger partial charge >= 0.3 is 6.09 Å². The van der Waals surface area contributed by atoms with Crippen molar-refractivity contribution in [2.24, 2.45) is 0 Å². The van der Waals surface area contributed by atoms with E-state index in [1.165, 1.54) is 15.9 Å². The van der Waals surface area contributed by atoms with Gasteiger partial charge in [0, 0.05) is 51.0 Å². The Kier molecular flexibility index (Phi) is 8.14. The van der Waals surface area contributed by atoms with Crippen LogP contribution < -0.4 is 0 Å². The summed E-state index contributed by atoms with van der Waals surface area (Å²) in [6.45, 7) is 13.4. The quantitative estimate of drug-likeness (QED) is 0.256. The first-order valence-corrected chi connectivity index (χ1v) is 17.0. The predicted octanol–water partition coefficient (Wildman–Crippen LogP) is 5.41. The van der Waals surface area contributed by atoms with E-state index in [1.807, 2.05) is 16.8 Å². The zero-order valence-electron chi connectivity index (χ0n) is 23.6. The Hall–Kier alpha value is -3.30. The number of aromatic nitrogens is 5. The lowest BCUT2D eigenvalue weighted by atomic mass is 9.93. The molecule has 2 unspecified atom stereocenters. The Bertz CT molecular complexity index is 1350. The maximum Gasteiger partial charge on any atom is 0.410 e. The highest BCUT2D eigenvalue weighted by Crippen LogP contribution is 2.39. The highest BCUT2D eigenvalue weighted by molar-refractivity contribution is 6.76. The maximum absolute atomic E-state index is 16.3. The van der Waals surface area contributed by atoms with Crippen LogP contribution in [0.2, 0.25) is 25.7 Å². The molecular weight excluding hydrogens is 517 g/mol. The summed E-state index contributed by atoms with van der Waals surface area (Å²) in [4.78, 5) is 22.8. The molecule has 0 aliphatic carbocycles. The van der Waals surface area contributed by atoms with E-state index in [9.17, 15) is 10.1 Å². The molecule has 0 bridgehead atoms. The summed E-state index contributed by atoms with van der Waals surface area (Å²) < 4.78 is 31.0. The van der Waals surface area contributed by atoms with Crippen molar-refractivity contribution in [2.45, 2.75) is 83.3 Å². The number of ether oxygens (including phenoxy) is 2. The summed E-state index contributed by atoms with van der Waals surface area (Å²) in [5.74, 6) is 0. The van der Waals surface area contributed by atoms with Crippen LogP contribution in [0.4, 0.5) is 9.18 Å². The third kappa shape index (κ3) is 6.83. The van der Waals surface area contributed by atoms with E-state index in [-0.39, 0.29) is 25.9 Å². The number of fused-ring (bicyclic) bond motifs is 1. The standard InChI is InChI=1S/C27H38FN7O3Si/c1-26(2,3)38-25(36)33-12-9-27(28,17-33)22(7-10-29)35-16-20(15-32-35)23-21-8-11-34(24(21)31-18-30-23)19-37-13-14-39(4,5)6/h8,11,15-16,18,22H,7,9,12-14,17,19H2,1-6H3. The zero-order valence-corrected chi connectivity index (χ0v) is 24.6. The van der Waals surface area contributed by atoms with Gasteiger partial charge in [0.1, 0.15) is 30.3 Å². The summed E-state index contributed by atoms with van der Waals surface area (Å²) in [5.41, 5.74) is -0.414. The first-order valence-electron chi connectivity index (χ1n) is 13.3. The highest BCUT2D eigenvalue weighted by atomic mass is 28.3. The van der Waals surface area contributed by atoms with E-state index < -0.39 is 31.5 Å². The van der Waals surface area contributed by atoms with Crippen molar-refractivity contribution in [1.29, 1.82) is 5.26 Å². The van der Waals surface area contributed by atoms with E-state index in [0.717, 1.165) is 17.1 Å². The lowest BCUT2D eigenvalue weighted by Gasteiger charge is -2.29. The van der Waals surface area contributed by atoms with Crippen LogP contribution in [0.3, 0.4) is 0 Å². The number of hydrogen-bond acceptors (Lipinski definition) is 7. The molecule has 0 spiro atoms. The number of carbonyl (C=O) groups excluding carboxylic acids is 1. The number of alkyl halides is 1. The molecule has 10 nitrogen and oxygen atoms in total. The fourth-order valence-corrected chi connectivity index (χ4v) is 5.42. The number of nitrogens with zero attached hydrogens (tertiary/aromatic N) is 7. The molecule has 4 heterocycles. The van der Waals surface area contributed by atoms with Crippen LogP contribution in [0, 0.1) is 11.3 Å². The van der Waals surface area contributed by atoms with Gasteiger partial charge in [-0.05, 0) is 32.9 Å². The van der Waals surface area contributed by atoms with E-state index >= 15 is 4.39 Å². The van der Waals surface area contributed by atoms with E-state index in [2.05, 4.69) is 40.8 Å². The summed E-state index contributed by atoms with van der Waals surface area (Å²) >= 11 is 0. The van der Waals surface area contributed by atoms with Crippen LogP contribution in [-0.4, -0.2) is 74.3 Å². The predicted molar refractivity (Wildman–Crippen MR) is 148 cm³/mol. The molecule has 3 aromatic rings. The molecule has 1 saturated heterocycles. The van der Waals surface area contributed by atoms with Crippen molar-refractivity contribution in [3.63, 3.8) is 0 Å². The molecule has 3 aromatic heterocycles. The van der Waals surface area contributed by atoms with Gasteiger partial charge in [0.2, 0.25) is 0 Å². The van der Waals surface area contributed by atoms with E-state index in [4.69, 9.17) is 9.47 Å². The van der Waals surface area contributed by atoms with Gasteiger partial charge in [0.05, 0.1) is 30.9 Å². The van der Waals surface area contributed by atoms with Crippen molar-refractivity contribution in [3.8, 4) is 17.3 Å².